The van der Waals surface area contributed by atoms with E-state index >= 15 is 0 Å². The van der Waals surface area contributed by atoms with E-state index in [1.165, 1.54) is 56.1 Å². The number of hydrogen-bond donors (Lipinski definition) is 1. The first-order valence-electron chi connectivity index (χ1n) is 7.62. The highest BCUT2D eigenvalue weighted by atomic mass is 14.6. The molecule has 1 nitrogen and oxygen atoms in total. The Balaban J connectivity index is 2.36. The van der Waals surface area contributed by atoms with Crippen molar-refractivity contribution < 1.29 is 0 Å². The molecule has 0 amide bonds. The van der Waals surface area contributed by atoms with Gasteiger partial charge < -0.3 is 5.73 Å². The normalized spacial score (nSPS) is 12.6. The summed E-state index contributed by atoms with van der Waals surface area (Å²) < 4.78 is 0. The second-order valence-corrected chi connectivity index (χ2v) is 5.30. The fraction of sp³-hybridized carbons (Fsp3) is 0.647. The van der Waals surface area contributed by atoms with Crippen LogP contribution in [0.5, 0.6) is 0 Å². The van der Waals surface area contributed by atoms with Crippen molar-refractivity contribution in [1.29, 1.82) is 0 Å². The first-order chi connectivity index (χ1) is 8.77. The summed E-state index contributed by atoms with van der Waals surface area (Å²) in [6, 6.07) is 9.15. The van der Waals surface area contributed by atoms with Crippen molar-refractivity contribution >= 4 is 0 Å². The van der Waals surface area contributed by atoms with Gasteiger partial charge in [0, 0.05) is 6.04 Å². The number of unbranched alkanes of at least 4 members (excludes halogenated alkanes) is 4. The Bertz CT molecular complexity index is 302. The lowest BCUT2D eigenvalue weighted by molar-refractivity contribution is 0.566. The lowest BCUT2D eigenvalue weighted by Gasteiger charge is -2.12. The van der Waals surface area contributed by atoms with Gasteiger partial charge in [0.1, 0.15) is 0 Å². The zero-order valence-electron chi connectivity index (χ0n) is 12.1. The number of benzene rings is 1. The minimum absolute atomic E-state index is 0.224. The molecule has 0 aliphatic rings. The molecule has 0 aliphatic heterocycles. The summed E-state index contributed by atoms with van der Waals surface area (Å²) >= 11 is 0. The molecule has 0 heterocycles. The van der Waals surface area contributed by atoms with Gasteiger partial charge >= 0.3 is 0 Å². The maximum absolute atomic E-state index is 6.23. The highest BCUT2D eigenvalue weighted by Crippen LogP contribution is 2.18. The van der Waals surface area contributed by atoms with Crippen LogP contribution in [-0.2, 0) is 6.42 Å². The Labute approximate surface area is 113 Å². The van der Waals surface area contributed by atoms with E-state index in [1.807, 2.05) is 0 Å². The van der Waals surface area contributed by atoms with Gasteiger partial charge in [-0.1, -0.05) is 70.2 Å². The number of aryl methyl sites for hydroxylation is 1. The van der Waals surface area contributed by atoms with E-state index in [0.29, 0.717) is 0 Å². The first-order valence-corrected chi connectivity index (χ1v) is 7.62. The second kappa shape index (κ2) is 9.16. The third-order valence-electron chi connectivity index (χ3n) is 3.60. The monoisotopic (exact) mass is 247 g/mol. The summed E-state index contributed by atoms with van der Waals surface area (Å²) in [5.74, 6) is 0. The molecular formula is C17H29N. The lowest BCUT2D eigenvalue weighted by atomic mass is 9.98. The fourth-order valence-corrected chi connectivity index (χ4v) is 2.27. The van der Waals surface area contributed by atoms with Crippen LogP contribution in [-0.4, -0.2) is 0 Å². The molecule has 1 aromatic rings. The average Bonchev–Trinajstić information content (AvgIpc) is 2.41. The second-order valence-electron chi connectivity index (χ2n) is 5.30. The zero-order valence-corrected chi connectivity index (χ0v) is 12.1. The molecule has 1 aromatic carbocycles. The van der Waals surface area contributed by atoms with E-state index in [9.17, 15) is 0 Å². The minimum Gasteiger partial charge on any atom is -0.324 e. The van der Waals surface area contributed by atoms with Gasteiger partial charge in [-0.05, 0) is 30.4 Å². The Morgan fingerprint density at radius 3 is 2.17 bits per heavy atom. The molecule has 0 aliphatic carbocycles. The molecule has 18 heavy (non-hydrogen) atoms. The van der Waals surface area contributed by atoms with Gasteiger partial charge in [0.25, 0.3) is 0 Å². The van der Waals surface area contributed by atoms with Gasteiger partial charge in [-0.25, -0.2) is 0 Å². The highest BCUT2D eigenvalue weighted by Gasteiger charge is 2.05. The lowest BCUT2D eigenvalue weighted by Crippen LogP contribution is -2.10. The number of rotatable bonds is 9. The third kappa shape index (κ3) is 5.68. The summed E-state index contributed by atoms with van der Waals surface area (Å²) in [5.41, 5.74) is 8.97. The van der Waals surface area contributed by atoms with Gasteiger partial charge in [-0.15, -0.1) is 0 Å². The van der Waals surface area contributed by atoms with Crippen molar-refractivity contribution in [2.75, 3.05) is 0 Å². The van der Waals surface area contributed by atoms with Crippen LogP contribution in [0.4, 0.5) is 0 Å². The standard InChI is InChI=1S/C17H29N/c1-3-5-7-8-10-17(18)16-13-11-15(12-14-16)9-6-4-2/h11-14,17H,3-10,18H2,1-2H3. The van der Waals surface area contributed by atoms with E-state index in [4.69, 9.17) is 5.73 Å². The average molecular weight is 247 g/mol. The molecule has 1 rings (SSSR count). The summed E-state index contributed by atoms with van der Waals surface area (Å²) in [6.45, 7) is 4.48. The molecule has 0 fully saturated rings. The minimum atomic E-state index is 0.224. The molecule has 0 saturated heterocycles. The Kier molecular flexibility index (Phi) is 7.75. The van der Waals surface area contributed by atoms with Crippen molar-refractivity contribution in [3.05, 3.63) is 35.4 Å². The van der Waals surface area contributed by atoms with Crippen molar-refractivity contribution in [2.45, 2.75) is 71.3 Å². The Morgan fingerprint density at radius 2 is 1.56 bits per heavy atom. The quantitative estimate of drug-likeness (QED) is 0.611. The third-order valence-corrected chi connectivity index (χ3v) is 3.60. The Hall–Kier alpha value is -0.820. The smallest absolute Gasteiger partial charge is 0.0294 e. The van der Waals surface area contributed by atoms with E-state index in [2.05, 4.69) is 38.1 Å². The van der Waals surface area contributed by atoms with E-state index in [0.717, 1.165) is 6.42 Å². The van der Waals surface area contributed by atoms with Gasteiger partial charge in [-0.2, -0.15) is 0 Å². The summed E-state index contributed by atoms with van der Waals surface area (Å²) in [7, 11) is 0. The fourth-order valence-electron chi connectivity index (χ4n) is 2.27. The van der Waals surface area contributed by atoms with E-state index < -0.39 is 0 Å². The molecule has 1 atom stereocenters. The molecule has 0 bridgehead atoms. The molecule has 102 valence electrons. The predicted molar refractivity (Wildman–Crippen MR) is 80.7 cm³/mol. The number of nitrogens with two attached hydrogens (primary N) is 1. The van der Waals surface area contributed by atoms with Crippen LogP contribution in [0.3, 0.4) is 0 Å². The predicted octanol–water partition coefficient (Wildman–Crippen LogP) is 5.00. The van der Waals surface area contributed by atoms with Crippen molar-refractivity contribution in [3.63, 3.8) is 0 Å². The molecule has 0 saturated carbocycles. The summed E-state index contributed by atoms with van der Waals surface area (Å²) in [6.07, 6.45) is 10.1. The molecule has 0 spiro atoms. The molecule has 2 N–H and O–H groups in total. The maximum Gasteiger partial charge on any atom is 0.0294 e. The van der Waals surface area contributed by atoms with Crippen molar-refractivity contribution in [3.8, 4) is 0 Å². The van der Waals surface area contributed by atoms with Crippen LogP contribution in [0.15, 0.2) is 24.3 Å². The molecular weight excluding hydrogens is 218 g/mol. The van der Waals surface area contributed by atoms with Gasteiger partial charge in [0.05, 0.1) is 0 Å². The summed E-state index contributed by atoms with van der Waals surface area (Å²) in [4.78, 5) is 0. The van der Waals surface area contributed by atoms with Crippen LogP contribution in [0.2, 0.25) is 0 Å². The Morgan fingerprint density at radius 1 is 0.889 bits per heavy atom. The van der Waals surface area contributed by atoms with Gasteiger partial charge in [-0.3, -0.25) is 0 Å². The van der Waals surface area contributed by atoms with Crippen molar-refractivity contribution in [1.82, 2.24) is 0 Å². The van der Waals surface area contributed by atoms with Crippen LogP contribution < -0.4 is 5.73 Å². The highest BCUT2D eigenvalue weighted by molar-refractivity contribution is 5.24. The van der Waals surface area contributed by atoms with Crippen LogP contribution in [0.25, 0.3) is 0 Å². The molecule has 0 radical (unpaired) electrons. The largest absolute Gasteiger partial charge is 0.324 e. The van der Waals surface area contributed by atoms with Gasteiger partial charge in [0.15, 0.2) is 0 Å². The van der Waals surface area contributed by atoms with Crippen LogP contribution >= 0.6 is 0 Å². The van der Waals surface area contributed by atoms with Gasteiger partial charge in [0.2, 0.25) is 0 Å². The zero-order chi connectivity index (χ0) is 13.2. The maximum atomic E-state index is 6.23. The SMILES string of the molecule is CCCCCCC(N)c1ccc(CCCC)cc1. The first kappa shape index (κ1) is 15.2. The molecule has 1 unspecified atom stereocenters. The summed E-state index contributed by atoms with van der Waals surface area (Å²) in [5, 5.41) is 0. The topological polar surface area (TPSA) is 26.0 Å². The van der Waals surface area contributed by atoms with Crippen LogP contribution in [0, 0.1) is 0 Å². The van der Waals surface area contributed by atoms with Crippen LogP contribution in [0.1, 0.15) is 76.0 Å². The van der Waals surface area contributed by atoms with E-state index in [-0.39, 0.29) is 6.04 Å². The molecule has 0 aromatic heterocycles. The molecule has 1 heteroatoms. The van der Waals surface area contributed by atoms with E-state index in [1.54, 1.807) is 0 Å². The number of hydrogen-bond acceptors (Lipinski definition) is 1. The van der Waals surface area contributed by atoms with Crippen molar-refractivity contribution in [2.24, 2.45) is 5.73 Å².